The van der Waals surface area contributed by atoms with E-state index < -0.39 is 0 Å². The predicted molar refractivity (Wildman–Crippen MR) is 80.4 cm³/mol. The number of aryl methyl sites for hydroxylation is 4. The van der Waals surface area contributed by atoms with Gasteiger partial charge in [0.05, 0.1) is 11.0 Å². The van der Waals surface area contributed by atoms with Gasteiger partial charge in [-0.25, -0.2) is 4.98 Å². The molecule has 2 aromatic carbocycles. The van der Waals surface area contributed by atoms with Crippen LogP contribution < -0.4 is 0 Å². The lowest BCUT2D eigenvalue weighted by Crippen LogP contribution is -1.97. The number of benzene rings is 2. The third-order valence-corrected chi connectivity index (χ3v) is 3.69. The second-order valence-electron chi connectivity index (χ2n) is 5.26. The zero-order chi connectivity index (χ0) is 13.6. The fourth-order valence-corrected chi connectivity index (χ4v) is 2.90. The number of aromatic nitrogens is 2. The average Bonchev–Trinajstić information content (AvgIpc) is 2.66. The zero-order valence-corrected chi connectivity index (χ0v) is 11.9. The number of hydrogen-bond acceptors (Lipinski definition) is 1. The van der Waals surface area contributed by atoms with Crippen molar-refractivity contribution >= 4 is 11.0 Å². The van der Waals surface area contributed by atoms with Gasteiger partial charge in [0.1, 0.15) is 5.82 Å². The molecule has 0 fully saturated rings. The smallest absolute Gasteiger partial charge is 0.141 e. The van der Waals surface area contributed by atoms with Gasteiger partial charge < -0.3 is 4.57 Å². The van der Waals surface area contributed by atoms with Crippen molar-refractivity contribution in [2.75, 3.05) is 0 Å². The van der Waals surface area contributed by atoms with Crippen molar-refractivity contribution in [3.63, 3.8) is 0 Å². The second-order valence-corrected chi connectivity index (χ2v) is 5.26. The molecule has 0 atom stereocenters. The molecule has 0 unspecified atom stereocenters. The Morgan fingerprint density at radius 2 is 1.58 bits per heavy atom. The highest BCUT2D eigenvalue weighted by Gasteiger charge is 2.13. The minimum absolute atomic E-state index is 1.05. The molecule has 19 heavy (non-hydrogen) atoms. The summed E-state index contributed by atoms with van der Waals surface area (Å²) in [5.41, 5.74) is 7.37. The predicted octanol–water partition coefficient (Wildman–Crippen LogP) is 4.17. The molecule has 2 heteroatoms. The highest BCUT2D eigenvalue weighted by atomic mass is 15.1. The summed E-state index contributed by atoms with van der Waals surface area (Å²) in [5, 5.41) is 0. The quantitative estimate of drug-likeness (QED) is 0.634. The van der Waals surface area contributed by atoms with E-state index in [4.69, 9.17) is 4.98 Å². The molecule has 3 rings (SSSR count). The standard InChI is InChI=1S/C17H18N2/c1-11-9-12(2)16(13(3)10-11)17-18-14-7-5-6-8-15(14)19(17)4/h5-10H,1-4H3. The van der Waals surface area contributed by atoms with Crippen LogP contribution in [-0.2, 0) is 7.05 Å². The first-order chi connectivity index (χ1) is 9.08. The van der Waals surface area contributed by atoms with Gasteiger partial charge in [-0.1, -0.05) is 29.8 Å². The lowest BCUT2D eigenvalue weighted by molar-refractivity contribution is 0.955. The van der Waals surface area contributed by atoms with Crippen LogP contribution in [0.5, 0.6) is 0 Å². The van der Waals surface area contributed by atoms with Crippen molar-refractivity contribution in [3.8, 4) is 11.4 Å². The summed E-state index contributed by atoms with van der Waals surface area (Å²) in [4.78, 5) is 4.80. The molecule has 0 aliphatic rings. The minimum atomic E-state index is 1.05. The van der Waals surface area contributed by atoms with E-state index in [1.165, 1.54) is 27.8 Å². The van der Waals surface area contributed by atoms with Crippen molar-refractivity contribution in [2.24, 2.45) is 7.05 Å². The highest BCUT2D eigenvalue weighted by molar-refractivity contribution is 5.82. The Labute approximate surface area is 113 Å². The van der Waals surface area contributed by atoms with Gasteiger partial charge in [0.15, 0.2) is 0 Å². The van der Waals surface area contributed by atoms with Crippen molar-refractivity contribution < 1.29 is 0 Å². The van der Waals surface area contributed by atoms with E-state index in [9.17, 15) is 0 Å². The molecule has 0 aliphatic carbocycles. The number of fused-ring (bicyclic) bond motifs is 1. The van der Waals surface area contributed by atoms with Gasteiger partial charge in [0, 0.05) is 12.6 Å². The molecule has 96 valence electrons. The van der Waals surface area contributed by atoms with Crippen molar-refractivity contribution in [1.82, 2.24) is 9.55 Å². The molecule has 0 radical (unpaired) electrons. The van der Waals surface area contributed by atoms with Crippen LogP contribution >= 0.6 is 0 Å². The van der Waals surface area contributed by atoms with Gasteiger partial charge >= 0.3 is 0 Å². The Morgan fingerprint density at radius 3 is 2.21 bits per heavy atom. The highest BCUT2D eigenvalue weighted by Crippen LogP contribution is 2.29. The van der Waals surface area contributed by atoms with E-state index in [1.807, 2.05) is 6.07 Å². The van der Waals surface area contributed by atoms with Crippen molar-refractivity contribution in [3.05, 3.63) is 53.1 Å². The molecule has 1 heterocycles. The molecule has 3 aromatic rings. The molecule has 0 aliphatic heterocycles. The van der Waals surface area contributed by atoms with E-state index >= 15 is 0 Å². The first kappa shape index (κ1) is 12.0. The molecule has 0 spiro atoms. The minimum Gasteiger partial charge on any atom is -0.327 e. The maximum atomic E-state index is 4.80. The fourth-order valence-electron chi connectivity index (χ4n) is 2.90. The molecule has 0 bridgehead atoms. The van der Waals surface area contributed by atoms with Crippen LogP contribution in [0.3, 0.4) is 0 Å². The Bertz CT molecular complexity index is 743. The Morgan fingerprint density at radius 1 is 0.947 bits per heavy atom. The molecule has 0 N–H and O–H groups in total. The van der Waals surface area contributed by atoms with Crippen LogP contribution in [0.25, 0.3) is 22.4 Å². The van der Waals surface area contributed by atoms with Gasteiger partial charge in [-0.2, -0.15) is 0 Å². The molecular weight excluding hydrogens is 232 g/mol. The Hall–Kier alpha value is -2.09. The molecule has 0 amide bonds. The third kappa shape index (κ3) is 1.84. The van der Waals surface area contributed by atoms with Gasteiger partial charge in [-0.05, 0) is 44.0 Å². The van der Waals surface area contributed by atoms with Crippen LogP contribution in [0, 0.1) is 20.8 Å². The van der Waals surface area contributed by atoms with Crippen LogP contribution in [0.15, 0.2) is 36.4 Å². The van der Waals surface area contributed by atoms with Crippen molar-refractivity contribution in [1.29, 1.82) is 0 Å². The van der Waals surface area contributed by atoms with Gasteiger partial charge in [0.25, 0.3) is 0 Å². The van der Waals surface area contributed by atoms with E-state index in [2.05, 4.69) is 62.7 Å². The summed E-state index contributed by atoms with van der Waals surface area (Å²) in [5.74, 6) is 1.05. The number of imidazole rings is 1. The number of rotatable bonds is 1. The van der Waals surface area contributed by atoms with E-state index in [-0.39, 0.29) is 0 Å². The lowest BCUT2D eigenvalue weighted by atomic mass is 9.99. The van der Waals surface area contributed by atoms with Gasteiger partial charge in [-0.3, -0.25) is 0 Å². The topological polar surface area (TPSA) is 17.8 Å². The first-order valence-electron chi connectivity index (χ1n) is 6.57. The number of para-hydroxylation sites is 2. The summed E-state index contributed by atoms with van der Waals surface area (Å²) in [6.07, 6.45) is 0. The summed E-state index contributed by atoms with van der Waals surface area (Å²) < 4.78 is 2.18. The second kappa shape index (κ2) is 4.23. The van der Waals surface area contributed by atoms with Crippen LogP contribution in [0.1, 0.15) is 16.7 Å². The summed E-state index contributed by atoms with van der Waals surface area (Å²) >= 11 is 0. The largest absolute Gasteiger partial charge is 0.327 e. The lowest BCUT2D eigenvalue weighted by Gasteiger charge is -2.11. The fraction of sp³-hybridized carbons (Fsp3) is 0.235. The SMILES string of the molecule is Cc1cc(C)c(-c2nc3ccccc3n2C)c(C)c1. The summed E-state index contributed by atoms with van der Waals surface area (Å²) in [6, 6.07) is 12.7. The average molecular weight is 250 g/mol. The van der Waals surface area contributed by atoms with E-state index in [1.54, 1.807) is 0 Å². The summed E-state index contributed by atoms with van der Waals surface area (Å²) in [7, 11) is 2.09. The van der Waals surface area contributed by atoms with Crippen LogP contribution in [-0.4, -0.2) is 9.55 Å². The molecule has 0 saturated carbocycles. The summed E-state index contributed by atoms with van der Waals surface area (Å²) in [6.45, 7) is 6.46. The molecule has 0 saturated heterocycles. The van der Waals surface area contributed by atoms with E-state index in [0.717, 1.165) is 11.3 Å². The maximum Gasteiger partial charge on any atom is 0.141 e. The van der Waals surface area contributed by atoms with Crippen LogP contribution in [0.2, 0.25) is 0 Å². The zero-order valence-electron chi connectivity index (χ0n) is 11.9. The third-order valence-electron chi connectivity index (χ3n) is 3.69. The maximum absolute atomic E-state index is 4.80. The monoisotopic (exact) mass is 250 g/mol. The van der Waals surface area contributed by atoms with Crippen molar-refractivity contribution in [2.45, 2.75) is 20.8 Å². The Balaban J connectivity index is 2.34. The van der Waals surface area contributed by atoms with Crippen LogP contribution in [0.4, 0.5) is 0 Å². The normalized spacial score (nSPS) is 11.2. The Kier molecular flexibility index (Phi) is 2.67. The molecule has 2 nitrogen and oxygen atoms in total. The van der Waals surface area contributed by atoms with E-state index in [0.29, 0.717) is 0 Å². The first-order valence-corrected chi connectivity index (χ1v) is 6.57. The molecule has 1 aromatic heterocycles. The van der Waals surface area contributed by atoms with Gasteiger partial charge in [-0.15, -0.1) is 0 Å². The van der Waals surface area contributed by atoms with Gasteiger partial charge in [0.2, 0.25) is 0 Å². The number of nitrogens with zero attached hydrogens (tertiary/aromatic N) is 2. The molecular formula is C17H18N2. The number of hydrogen-bond donors (Lipinski definition) is 0.